The fourth-order valence-corrected chi connectivity index (χ4v) is 3.73. The van der Waals surface area contributed by atoms with Gasteiger partial charge in [-0.1, -0.05) is 11.3 Å². The maximum Gasteiger partial charge on any atom is 0.427 e. The van der Waals surface area contributed by atoms with Gasteiger partial charge in [-0.3, -0.25) is 0 Å². The number of alkyl halides is 3. The molecule has 1 fully saturated rings. The fourth-order valence-electron chi connectivity index (χ4n) is 2.91. The number of piperidine rings is 1. The van der Waals surface area contributed by atoms with E-state index in [1.165, 1.54) is 0 Å². The van der Waals surface area contributed by atoms with E-state index in [-0.39, 0.29) is 0 Å². The topological polar surface area (TPSA) is 46.8 Å². The number of hydrogen-bond donors (Lipinski definition) is 0. The summed E-state index contributed by atoms with van der Waals surface area (Å²) >= 11 is 0.717. The lowest BCUT2D eigenvalue weighted by Gasteiger charge is -2.32. The zero-order valence-corrected chi connectivity index (χ0v) is 13.8. The van der Waals surface area contributed by atoms with Gasteiger partial charge in [0, 0.05) is 19.6 Å². The highest BCUT2D eigenvalue weighted by molar-refractivity contribution is 7.15. The highest BCUT2D eigenvalue weighted by Crippen LogP contribution is 2.37. The molecule has 0 radical (unpaired) electrons. The molecule has 23 heavy (non-hydrogen) atoms. The highest BCUT2D eigenvalue weighted by atomic mass is 32.1. The van der Waals surface area contributed by atoms with Crippen LogP contribution in [-0.4, -0.2) is 32.8 Å². The first-order valence-electron chi connectivity index (χ1n) is 7.49. The Morgan fingerprint density at radius 3 is 2.74 bits per heavy atom. The van der Waals surface area contributed by atoms with Gasteiger partial charge < -0.3 is 4.90 Å². The van der Waals surface area contributed by atoms with Crippen molar-refractivity contribution in [1.82, 2.24) is 19.7 Å². The van der Waals surface area contributed by atoms with Crippen LogP contribution >= 0.6 is 11.3 Å². The Kier molecular flexibility index (Phi) is 4.31. The summed E-state index contributed by atoms with van der Waals surface area (Å²) in [5.41, 5.74) is 0. The summed E-state index contributed by atoms with van der Waals surface area (Å²) in [5, 5.41) is 4.82. The lowest BCUT2D eigenvalue weighted by Crippen LogP contribution is -2.37. The summed E-state index contributed by atoms with van der Waals surface area (Å²) in [4.78, 5) is 9.56. The van der Waals surface area contributed by atoms with Gasteiger partial charge in [-0.15, -0.1) is 0 Å². The first-order valence-corrected chi connectivity index (χ1v) is 8.30. The second kappa shape index (κ2) is 6.10. The Labute approximate surface area is 136 Å². The first-order chi connectivity index (χ1) is 10.8. The van der Waals surface area contributed by atoms with E-state index in [2.05, 4.69) is 15.1 Å². The van der Waals surface area contributed by atoms with Crippen LogP contribution in [0.4, 0.5) is 18.3 Å². The van der Waals surface area contributed by atoms with Crippen molar-refractivity contribution < 1.29 is 13.2 Å². The van der Waals surface area contributed by atoms with Crippen LogP contribution in [0.3, 0.4) is 0 Å². The van der Waals surface area contributed by atoms with Gasteiger partial charge >= 0.3 is 6.18 Å². The molecule has 1 atom stereocenters. The molecule has 1 aliphatic rings. The van der Waals surface area contributed by atoms with Crippen molar-refractivity contribution in [1.29, 1.82) is 0 Å². The van der Waals surface area contributed by atoms with Crippen molar-refractivity contribution >= 4 is 16.5 Å². The Morgan fingerprint density at radius 1 is 1.35 bits per heavy atom. The number of hydrogen-bond acceptors (Lipinski definition) is 5. The van der Waals surface area contributed by atoms with Gasteiger partial charge in [0.05, 0.1) is 6.20 Å². The number of nitrogens with zero attached hydrogens (tertiary/aromatic N) is 5. The Hall–Kier alpha value is -1.64. The maximum absolute atomic E-state index is 12.7. The SMILES string of the molecule is Cc1nc(C)n(C[C@@H]2CCCN(c3ncc(C(F)(F)F)s3)C2)n1. The van der Waals surface area contributed by atoms with E-state index in [4.69, 9.17) is 0 Å². The van der Waals surface area contributed by atoms with Gasteiger partial charge in [0.2, 0.25) is 0 Å². The molecule has 0 unspecified atom stereocenters. The molecule has 3 rings (SSSR count). The molecule has 0 N–H and O–H groups in total. The molecule has 5 nitrogen and oxygen atoms in total. The lowest BCUT2D eigenvalue weighted by atomic mass is 9.98. The normalized spacial score (nSPS) is 19.3. The summed E-state index contributed by atoms with van der Waals surface area (Å²) in [7, 11) is 0. The predicted octanol–water partition coefficient (Wildman–Crippen LogP) is 3.29. The van der Waals surface area contributed by atoms with Crippen molar-refractivity contribution in [2.24, 2.45) is 5.92 Å². The van der Waals surface area contributed by atoms with Gasteiger partial charge in [0.1, 0.15) is 16.5 Å². The summed E-state index contributed by atoms with van der Waals surface area (Å²) < 4.78 is 40.0. The largest absolute Gasteiger partial charge is 0.427 e. The Balaban J connectivity index is 1.68. The zero-order valence-electron chi connectivity index (χ0n) is 13.0. The van der Waals surface area contributed by atoms with Gasteiger partial charge in [-0.25, -0.2) is 14.6 Å². The molecule has 0 spiro atoms. The number of rotatable bonds is 3. The van der Waals surface area contributed by atoms with Crippen LogP contribution in [0.15, 0.2) is 6.20 Å². The number of aryl methyl sites for hydroxylation is 2. The summed E-state index contributed by atoms with van der Waals surface area (Å²) in [6, 6.07) is 0. The van der Waals surface area contributed by atoms with Crippen LogP contribution in [0.2, 0.25) is 0 Å². The second-order valence-corrected chi connectivity index (χ2v) is 6.86. The van der Waals surface area contributed by atoms with Gasteiger partial charge in [0.25, 0.3) is 0 Å². The molecular formula is C14H18F3N5S. The van der Waals surface area contributed by atoms with E-state index >= 15 is 0 Å². The van der Waals surface area contributed by atoms with Crippen LogP contribution in [0.1, 0.15) is 29.4 Å². The van der Waals surface area contributed by atoms with E-state index in [0.717, 1.165) is 43.8 Å². The van der Waals surface area contributed by atoms with Crippen LogP contribution in [0.25, 0.3) is 0 Å². The van der Waals surface area contributed by atoms with Crippen LogP contribution in [-0.2, 0) is 12.7 Å². The molecule has 0 bridgehead atoms. The van der Waals surface area contributed by atoms with E-state index in [0.29, 0.717) is 28.9 Å². The smallest absolute Gasteiger partial charge is 0.348 e. The number of anilines is 1. The molecule has 2 aromatic heterocycles. The van der Waals surface area contributed by atoms with Gasteiger partial charge in [-0.2, -0.15) is 18.3 Å². The number of halogens is 3. The van der Waals surface area contributed by atoms with E-state index in [1.807, 2.05) is 23.4 Å². The lowest BCUT2D eigenvalue weighted by molar-refractivity contribution is -0.134. The van der Waals surface area contributed by atoms with E-state index in [9.17, 15) is 13.2 Å². The Morgan fingerprint density at radius 2 is 2.13 bits per heavy atom. The highest BCUT2D eigenvalue weighted by Gasteiger charge is 2.34. The molecule has 0 saturated carbocycles. The average molecular weight is 345 g/mol. The minimum absolute atomic E-state index is 0.335. The molecule has 2 aromatic rings. The standard InChI is InChI=1S/C14H18F3N5S/c1-9-19-10(2)22(20-9)8-11-4-3-5-21(7-11)13-18-6-12(23-13)14(15,16)17/h6,11H,3-5,7-8H2,1-2H3/t11-/m1/s1. The maximum atomic E-state index is 12.7. The van der Waals surface area contributed by atoms with Gasteiger partial charge in [0.15, 0.2) is 5.13 Å². The quantitative estimate of drug-likeness (QED) is 0.856. The predicted molar refractivity (Wildman–Crippen MR) is 81.5 cm³/mol. The van der Waals surface area contributed by atoms with Crippen molar-refractivity contribution in [2.45, 2.75) is 39.4 Å². The third kappa shape index (κ3) is 3.65. The minimum Gasteiger partial charge on any atom is -0.348 e. The minimum atomic E-state index is -4.32. The molecule has 9 heteroatoms. The third-order valence-electron chi connectivity index (χ3n) is 3.96. The molecular weight excluding hydrogens is 327 g/mol. The Bertz CT molecular complexity index is 678. The third-order valence-corrected chi connectivity index (χ3v) is 5.06. The zero-order chi connectivity index (χ0) is 16.6. The van der Waals surface area contributed by atoms with Crippen LogP contribution in [0, 0.1) is 19.8 Å². The molecule has 126 valence electrons. The summed E-state index contributed by atoms with van der Waals surface area (Å²) in [6.07, 6.45) is -1.42. The number of aromatic nitrogens is 4. The molecule has 1 saturated heterocycles. The monoisotopic (exact) mass is 345 g/mol. The van der Waals surface area contributed by atoms with Crippen molar-refractivity contribution in [2.75, 3.05) is 18.0 Å². The second-order valence-electron chi connectivity index (χ2n) is 5.85. The summed E-state index contributed by atoms with van der Waals surface area (Å²) in [6.45, 7) is 5.95. The van der Waals surface area contributed by atoms with E-state index < -0.39 is 11.1 Å². The average Bonchev–Trinajstić information content (AvgIpc) is 3.06. The van der Waals surface area contributed by atoms with Gasteiger partial charge in [-0.05, 0) is 32.6 Å². The summed E-state index contributed by atoms with van der Waals surface area (Å²) in [5.74, 6) is 1.94. The van der Waals surface area contributed by atoms with Crippen LogP contribution in [0.5, 0.6) is 0 Å². The first kappa shape index (κ1) is 16.2. The van der Waals surface area contributed by atoms with Crippen molar-refractivity contribution in [3.8, 4) is 0 Å². The number of thiazole rings is 1. The van der Waals surface area contributed by atoms with Crippen molar-refractivity contribution in [3.63, 3.8) is 0 Å². The molecule has 1 aliphatic heterocycles. The fraction of sp³-hybridized carbons (Fsp3) is 0.643. The van der Waals surface area contributed by atoms with E-state index in [1.54, 1.807) is 0 Å². The van der Waals surface area contributed by atoms with Crippen molar-refractivity contribution in [3.05, 3.63) is 22.7 Å². The molecule has 0 aromatic carbocycles. The van der Waals surface area contributed by atoms with Crippen LogP contribution < -0.4 is 4.90 Å². The molecule has 0 aliphatic carbocycles. The molecule has 0 amide bonds. The molecule has 3 heterocycles.